The van der Waals surface area contributed by atoms with Gasteiger partial charge in [0.25, 0.3) is 0 Å². The summed E-state index contributed by atoms with van der Waals surface area (Å²) in [7, 11) is 1.69. The number of ether oxygens (including phenoxy) is 3. The lowest BCUT2D eigenvalue weighted by Crippen LogP contribution is -2.12. The van der Waals surface area contributed by atoms with Crippen molar-refractivity contribution in [2.24, 2.45) is 0 Å². The number of aromatic nitrogens is 1. The number of amides is 1. The molecule has 1 aliphatic rings. The smallest absolute Gasteiger partial charge is 0.221 e. The van der Waals surface area contributed by atoms with E-state index >= 15 is 0 Å². The van der Waals surface area contributed by atoms with Gasteiger partial charge in [0.15, 0.2) is 11.5 Å². The molecule has 4 aromatic rings. The molecule has 0 spiro atoms. The third kappa shape index (κ3) is 6.96. The Kier molecular flexibility index (Phi) is 8.42. The molecule has 6 nitrogen and oxygen atoms in total. The third-order valence-corrected chi connectivity index (χ3v) is 7.07. The lowest BCUT2D eigenvalue weighted by atomic mass is 9.86. The first-order chi connectivity index (χ1) is 19.1. The molecule has 0 radical (unpaired) electrons. The molecule has 3 aromatic carbocycles. The molecule has 5 rings (SSSR count). The summed E-state index contributed by atoms with van der Waals surface area (Å²) in [5, 5.41) is 2.77. The molecule has 1 heterocycles. The van der Waals surface area contributed by atoms with Gasteiger partial charge in [-0.1, -0.05) is 18.2 Å². The van der Waals surface area contributed by atoms with Crippen molar-refractivity contribution in [3.8, 4) is 23.0 Å². The minimum Gasteiger partial charge on any atom is -0.493 e. The van der Waals surface area contributed by atoms with E-state index in [9.17, 15) is 4.79 Å². The Morgan fingerprint density at radius 3 is 2.15 bits per heavy atom. The fourth-order valence-corrected chi connectivity index (χ4v) is 5.08. The zero-order valence-corrected chi connectivity index (χ0v) is 22.4. The van der Waals surface area contributed by atoms with E-state index in [0.29, 0.717) is 5.75 Å². The number of carbonyl (C=O) groups is 1. The van der Waals surface area contributed by atoms with Crippen LogP contribution >= 0.6 is 0 Å². The van der Waals surface area contributed by atoms with Crippen LogP contribution < -0.4 is 19.5 Å². The second-order valence-electron chi connectivity index (χ2n) is 9.92. The molecule has 39 heavy (non-hydrogen) atoms. The number of nitrogens with one attached hydrogen (secondary N) is 1. The van der Waals surface area contributed by atoms with Crippen molar-refractivity contribution in [1.29, 1.82) is 0 Å². The van der Waals surface area contributed by atoms with Gasteiger partial charge in [-0.15, -0.1) is 0 Å². The zero-order chi connectivity index (χ0) is 27.0. The van der Waals surface area contributed by atoms with Crippen LogP contribution in [-0.4, -0.2) is 24.1 Å². The molecule has 0 bridgehead atoms. The van der Waals surface area contributed by atoms with Gasteiger partial charge in [-0.2, -0.15) is 0 Å². The summed E-state index contributed by atoms with van der Waals surface area (Å²) < 4.78 is 18.1. The van der Waals surface area contributed by atoms with Crippen molar-refractivity contribution in [2.45, 2.75) is 51.0 Å². The Bertz CT molecular complexity index is 1370. The van der Waals surface area contributed by atoms with E-state index in [1.54, 1.807) is 7.11 Å². The van der Waals surface area contributed by atoms with Gasteiger partial charge in [0.2, 0.25) is 5.91 Å². The maximum Gasteiger partial charge on any atom is 0.221 e. The van der Waals surface area contributed by atoms with Gasteiger partial charge >= 0.3 is 0 Å². The summed E-state index contributed by atoms with van der Waals surface area (Å²) in [6.45, 7) is 1.49. The normalized spacial score (nSPS) is 14.0. The molecule has 200 valence electrons. The topological polar surface area (TPSA) is 69.7 Å². The number of nitrogens with zero attached hydrogens (tertiary/aromatic N) is 1. The molecule has 0 aliphatic heterocycles. The Hall–Kier alpha value is -4.32. The number of rotatable bonds is 10. The van der Waals surface area contributed by atoms with Gasteiger partial charge in [0.05, 0.1) is 13.2 Å². The Labute approximate surface area is 230 Å². The summed E-state index contributed by atoms with van der Waals surface area (Å²) in [5.74, 6) is 3.03. The molecule has 1 saturated carbocycles. The van der Waals surface area contributed by atoms with Crippen molar-refractivity contribution in [3.63, 3.8) is 0 Å². The molecular formula is C33H34N2O4. The molecule has 1 atom stereocenters. The second kappa shape index (κ2) is 12.5. The lowest BCUT2D eigenvalue weighted by Gasteiger charge is -2.22. The van der Waals surface area contributed by atoms with E-state index in [4.69, 9.17) is 14.2 Å². The summed E-state index contributed by atoms with van der Waals surface area (Å²) in [4.78, 5) is 15.5. The number of hydrogen-bond donors (Lipinski definition) is 1. The predicted molar refractivity (Wildman–Crippen MR) is 153 cm³/mol. The number of methoxy groups -OCH3 is 1. The number of anilines is 1. The molecule has 1 fully saturated rings. The SMILES string of the molecule is COc1ccc([C@@H](Cc2ccncc2)c2ccc(Oc3ccc(NC(C)=O)cc3)cc2)cc1OC1CCCC1. The van der Waals surface area contributed by atoms with Crippen LogP contribution in [0.25, 0.3) is 0 Å². The van der Waals surface area contributed by atoms with Crippen molar-refractivity contribution in [1.82, 2.24) is 4.98 Å². The molecule has 6 heteroatoms. The molecule has 0 unspecified atom stereocenters. The maximum atomic E-state index is 11.3. The Balaban J connectivity index is 1.39. The molecule has 0 saturated heterocycles. The van der Waals surface area contributed by atoms with Gasteiger partial charge in [0, 0.05) is 30.9 Å². The highest BCUT2D eigenvalue weighted by atomic mass is 16.5. The molecule has 1 aliphatic carbocycles. The first-order valence-electron chi connectivity index (χ1n) is 13.5. The van der Waals surface area contributed by atoms with Crippen LogP contribution in [-0.2, 0) is 11.2 Å². The van der Waals surface area contributed by atoms with Crippen LogP contribution in [0.3, 0.4) is 0 Å². The molecule has 1 amide bonds. The van der Waals surface area contributed by atoms with E-state index in [1.807, 2.05) is 54.9 Å². The number of pyridine rings is 1. The monoisotopic (exact) mass is 522 g/mol. The second-order valence-corrected chi connectivity index (χ2v) is 9.92. The molecule has 1 N–H and O–H groups in total. The highest BCUT2D eigenvalue weighted by molar-refractivity contribution is 5.88. The minimum absolute atomic E-state index is 0.102. The number of carbonyl (C=O) groups excluding carboxylic acids is 1. The van der Waals surface area contributed by atoms with Crippen molar-refractivity contribution in [3.05, 3.63) is 108 Å². The quantitative estimate of drug-likeness (QED) is 0.233. The highest BCUT2D eigenvalue weighted by Gasteiger charge is 2.21. The molecule has 1 aromatic heterocycles. The Morgan fingerprint density at radius 2 is 1.51 bits per heavy atom. The lowest BCUT2D eigenvalue weighted by molar-refractivity contribution is -0.114. The van der Waals surface area contributed by atoms with Gasteiger partial charge in [-0.05, 0) is 109 Å². The minimum atomic E-state index is -0.102. The standard InChI is InChI=1S/C33H34N2O4/c1-23(36)35-27-10-14-30(15-11-27)38-29-12-7-25(8-13-29)31(21-24-17-19-34-20-18-24)26-9-16-32(37-2)33(22-26)39-28-5-3-4-6-28/h7-20,22,28,31H,3-6,21H2,1-2H3,(H,35,36)/t31-/m0/s1. The average molecular weight is 523 g/mol. The summed E-state index contributed by atoms with van der Waals surface area (Å²) in [6, 6.07) is 26.0. The van der Waals surface area contributed by atoms with Crippen LogP contribution in [0, 0.1) is 0 Å². The van der Waals surface area contributed by atoms with Crippen LogP contribution in [0.1, 0.15) is 55.2 Å². The first-order valence-corrected chi connectivity index (χ1v) is 13.5. The summed E-state index contributed by atoms with van der Waals surface area (Å²) >= 11 is 0. The maximum absolute atomic E-state index is 11.3. The van der Waals surface area contributed by atoms with Gasteiger partial charge in [-0.25, -0.2) is 0 Å². The van der Waals surface area contributed by atoms with E-state index in [1.165, 1.54) is 36.5 Å². The van der Waals surface area contributed by atoms with Crippen molar-refractivity contribution in [2.75, 3.05) is 12.4 Å². The largest absolute Gasteiger partial charge is 0.493 e. The predicted octanol–water partition coefficient (Wildman–Crippen LogP) is 7.54. The summed E-state index contributed by atoms with van der Waals surface area (Å²) in [6.07, 6.45) is 9.35. The van der Waals surface area contributed by atoms with Gasteiger partial charge < -0.3 is 19.5 Å². The Morgan fingerprint density at radius 1 is 0.872 bits per heavy atom. The zero-order valence-electron chi connectivity index (χ0n) is 22.4. The fourth-order valence-electron chi connectivity index (χ4n) is 5.08. The average Bonchev–Trinajstić information content (AvgIpc) is 3.47. The fraction of sp³-hybridized carbons (Fsp3) is 0.273. The van der Waals surface area contributed by atoms with Crippen molar-refractivity contribution >= 4 is 11.6 Å². The third-order valence-electron chi connectivity index (χ3n) is 7.07. The van der Waals surface area contributed by atoms with Crippen LogP contribution in [0.15, 0.2) is 91.3 Å². The van der Waals surface area contributed by atoms with Gasteiger partial charge in [0.1, 0.15) is 11.5 Å². The van der Waals surface area contributed by atoms with E-state index in [-0.39, 0.29) is 17.9 Å². The number of benzene rings is 3. The highest BCUT2D eigenvalue weighted by Crippen LogP contribution is 2.38. The first kappa shape index (κ1) is 26.3. The van der Waals surface area contributed by atoms with Crippen molar-refractivity contribution < 1.29 is 19.0 Å². The van der Waals surface area contributed by atoms with Crippen LogP contribution in [0.4, 0.5) is 5.69 Å². The van der Waals surface area contributed by atoms with E-state index < -0.39 is 0 Å². The summed E-state index contributed by atoms with van der Waals surface area (Å²) in [5.41, 5.74) is 4.29. The van der Waals surface area contributed by atoms with E-state index in [0.717, 1.165) is 42.2 Å². The molecular weight excluding hydrogens is 488 g/mol. The number of hydrogen-bond acceptors (Lipinski definition) is 5. The van der Waals surface area contributed by atoms with Gasteiger partial charge in [-0.3, -0.25) is 9.78 Å². The van der Waals surface area contributed by atoms with Crippen LogP contribution in [0.2, 0.25) is 0 Å². The van der Waals surface area contributed by atoms with Crippen LogP contribution in [0.5, 0.6) is 23.0 Å². The van der Waals surface area contributed by atoms with E-state index in [2.05, 4.69) is 46.7 Å².